The molecule has 0 bridgehead atoms. The first-order valence-electron chi connectivity index (χ1n) is 24.6. The Bertz CT molecular complexity index is 3200. The van der Waals surface area contributed by atoms with Crippen LogP contribution >= 0.6 is 22.7 Å². The molecule has 0 aliphatic carbocycles. The molecule has 5 N–H and O–H groups in total. The minimum Gasteiger partial charge on any atom is -0.508 e. The monoisotopic (exact) mass is 1040 g/mol. The van der Waals surface area contributed by atoms with Crippen LogP contribution in [0.25, 0.3) is 42.7 Å². The number of thiophene rings is 2. The van der Waals surface area contributed by atoms with Crippen LogP contribution in [0.3, 0.4) is 0 Å². The number of carbonyl (C=O) groups excluding carboxylic acids is 2. The standard InChI is InChI=1S/C55H56N8O9S2/c1-69-54(67)42-15-13-41(25-47(42)71-29-40(66)27-57-37-18-22-63(23-19-37)51-49-45(35-10-6-3-7-11-35)31-74-53(49)61-33-59-51)72-55(68)43-14-12-38(64)24-46(43)70-28-39(65)26-56-36-16-20-62(21-17-36)50-48-44(34-8-4-2-5-9-34)30-73-52(48)60-32-58-50/h2-15,24-25,30-33,36-37,39-40,56-57,64-66H,16-23,26-29H2,1H3. The van der Waals surface area contributed by atoms with Crippen LogP contribution in [-0.2, 0) is 4.74 Å². The number of fused-ring (bicyclic) bond motifs is 2. The number of aromatic nitrogens is 4. The Morgan fingerprint density at radius 1 is 0.635 bits per heavy atom. The minimum absolute atomic E-state index is 0.00392. The van der Waals surface area contributed by atoms with Crippen LogP contribution < -0.4 is 34.6 Å². The number of aromatic hydroxyl groups is 1. The molecule has 2 fully saturated rings. The predicted octanol–water partition coefficient (Wildman–Crippen LogP) is 7.74. The molecule has 17 nitrogen and oxygen atoms in total. The highest BCUT2D eigenvalue weighted by atomic mass is 32.1. The second-order valence-corrected chi connectivity index (χ2v) is 20.0. The van der Waals surface area contributed by atoms with Crippen LogP contribution in [0.5, 0.6) is 23.0 Å². The number of carbonyl (C=O) groups is 2. The lowest BCUT2D eigenvalue weighted by atomic mass is 10.0. The number of rotatable bonds is 19. The summed E-state index contributed by atoms with van der Waals surface area (Å²) in [7, 11) is 1.24. The summed E-state index contributed by atoms with van der Waals surface area (Å²) in [5, 5.41) is 45.7. The van der Waals surface area contributed by atoms with Crippen molar-refractivity contribution in [3.63, 3.8) is 0 Å². The quantitative estimate of drug-likeness (QED) is 0.0387. The van der Waals surface area contributed by atoms with Crippen molar-refractivity contribution >= 4 is 66.7 Å². The lowest BCUT2D eigenvalue weighted by Gasteiger charge is -2.34. The molecule has 2 saturated heterocycles. The first-order valence-corrected chi connectivity index (χ1v) is 26.4. The van der Waals surface area contributed by atoms with E-state index in [1.54, 1.807) is 35.3 Å². The number of piperidine rings is 2. The summed E-state index contributed by atoms with van der Waals surface area (Å²) in [6.45, 7) is 3.23. The third kappa shape index (κ3) is 11.6. The number of phenols is 1. The molecule has 74 heavy (non-hydrogen) atoms. The van der Waals surface area contributed by atoms with Gasteiger partial charge in [0.1, 0.15) is 93.5 Å². The maximum Gasteiger partial charge on any atom is 0.347 e. The number of anilines is 2. The van der Waals surface area contributed by atoms with Gasteiger partial charge in [0.25, 0.3) is 0 Å². The topological polar surface area (TPSA) is 214 Å². The number of esters is 2. The summed E-state index contributed by atoms with van der Waals surface area (Å²) in [6, 6.07) is 29.0. The van der Waals surface area contributed by atoms with Gasteiger partial charge >= 0.3 is 11.9 Å². The van der Waals surface area contributed by atoms with E-state index >= 15 is 0 Å². The fraction of sp³-hybridized carbons (Fsp3) is 0.309. The molecule has 2 aliphatic heterocycles. The van der Waals surface area contributed by atoms with Crippen LogP contribution in [0.4, 0.5) is 11.6 Å². The van der Waals surface area contributed by atoms with E-state index in [9.17, 15) is 24.9 Å². The van der Waals surface area contributed by atoms with Crippen molar-refractivity contribution in [3.05, 3.63) is 132 Å². The molecule has 2 aliphatic rings. The molecule has 8 aromatic rings. The smallest absolute Gasteiger partial charge is 0.347 e. The third-order valence-corrected chi connectivity index (χ3v) is 15.1. The second kappa shape index (κ2) is 23.3. The lowest BCUT2D eigenvalue weighted by Crippen LogP contribution is -2.45. The number of aliphatic hydroxyl groups is 2. The number of nitrogens with one attached hydrogen (secondary N) is 2. The van der Waals surface area contributed by atoms with E-state index in [1.165, 1.54) is 43.5 Å². The average molecular weight is 1040 g/mol. The van der Waals surface area contributed by atoms with Crippen molar-refractivity contribution in [2.24, 2.45) is 0 Å². The third-order valence-electron chi connectivity index (χ3n) is 13.4. The molecule has 2 unspecified atom stereocenters. The van der Waals surface area contributed by atoms with Crippen molar-refractivity contribution in [3.8, 4) is 45.3 Å². The Hall–Kier alpha value is -7.26. The molecule has 0 saturated carbocycles. The summed E-state index contributed by atoms with van der Waals surface area (Å²) in [6.07, 6.45) is 4.70. The molecule has 19 heteroatoms. The van der Waals surface area contributed by atoms with E-state index in [0.29, 0.717) is 0 Å². The zero-order chi connectivity index (χ0) is 51.0. The highest BCUT2D eigenvalue weighted by Crippen LogP contribution is 2.40. The molecule has 0 radical (unpaired) electrons. The number of nitrogens with zero attached hydrogens (tertiary/aromatic N) is 6. The van der Waals surface area contributed by atoms with Crippen LogP contribution in [-0.4, -0.2) is 131 Å². The first kappa shape index (κ1) is 50.3. The summed E-state index contributed by atoms with van der Waals surface area (Å²) < 4.78 is 22.6. The van der Waals surface area contributed by atoms with E-state index in [-0.39, 0.29) is 72.5 Å². The highest BCUT2D eigenvalue weighted by molar-refractivity contribution is 7.17. The Morgan fingerprint density at radius 2 is 1.11 bits per heavy atom. The Morgan fingerprint density at radius 3 is 1.61 bits per heavy atom. The fourth-order valence-corrected chi connectivity index (χ4v) is 11.3. The van der Waals surface area contributed by atoms with Crippen molar-refractivity contribution in [1.82, 2.24) is 30.6 Å². The zero-order valence-corrected chi connectivity index (χ0v) is 42.3. The zero-order valence-electron chi connectivity index (χ0n) is 40.6. The van der Waals surface area contributed by atoms with Crippen LogP contribution in [0.1, 0.15) is 46.4 Å². The van der Waals surface area contributed by atoms with Gasteiger partial charge in [0.2, 0.25) is 0 Å². The molecular formula is C55H56N8O9S2. The Kier molecular flexibility index (Phi) is 15.8. The molecule has 382 valence electrons. The number of methoxy groups -OCH3 is 1. The van der Waals surface area contributed by atoms with Gasteiger partial charge in [-0.05, 0) is 61.1 Å². The number of phenolic OH excluding ortho intramolecular Hbond substituents is 1. The van der Waals surface area contributed by atoms with E-state index in [2.05, 4.69) is 65.4 Å². The maximum atomic E-state index is 13.6. The van der Waals surface area contributed by atoms with Gasteiger partial charge in [-0.2, -0.15) is 0 Å². The summed E-state index contributed by atoms with van der Waals surface area (Å²) in [5.41, 5.74) is 4.57. The molecule has 10 rings (SSSR count). The van der Waals surface area contributed by atoms with Gasteiger partial charge in [0.05, 0.1) is 17.9 Å². The number of hydrogen-bond donors (Lipinski definition) is 5. The Balaban J connectivity index is 0.696. The summed E-state index contributed by atoms with van der Waals surface area (Å²) in [5.74, 6) is 0.309. The average Bonchev–Trinajstić information content (AvgIpc) is 4.09. The Labute approximate surface area is 435 Å². The van der Waals surface area contributed by atoms with E-state index in [0.717, 1.165) is 106 Å². The van der Waals surface area contributed by atoms with E-state index < -0.39 is 24.1 Å². The van der Waals surface area contributed by atoms with Crippen LogP contribution in [0.15, 0.2) is 120 Å². The number of ether oxygens (including phenoxy) is 4. The summed E-state index contributed by atoms with van der Waals surface area (Å²) in [4.78, 5) is 51.4. The molecule has 6 heterocycles. The molecule has 0 amide bonds. The van der Waals surface area contributed by atoms with Gasteiger partial charge in [-0.3, -0.25) is 0 Å². The van der Waals surface area contributed by atoms with Gasteiger partial charge in [-0.15, -0.1) is 22.7 Å². The normalized spacial score (nSPS) is 15.3. The van der Waals surface area contributed by atoms with Crippen molar-refractivity contribution in [1.29, 1.82) is 0 Å². The van der Waals surface area contributed by atoms with Crippen molar-refractivity contribution in [2.75, 3.05) is 69.4 Å². The molecule has 4 aromatic carbocycles. The van der Waals surface area contributed by atoms with Crippen LogP contribution in [0.2, 0.25) is 0 Å². The predicted molar refractivity (Wildman–Crippen MR) is 286 cm³/mol. The van der Waals surface area contributed by atoms with E-state index in [1.807, 2.05) is 36.4 Å². The number of hydrogen-bond acceptors (Lipinski definition) is 19. The molecule has 2 atom stereocenters. The lowest BCUT2D eigenvalue weighted by molar-refractivity contribution is 0.0588. The molecular weight excluding hydrogens is 981 g/mol. The van der Waals surface area contributed by atoms with Crippen LogP contribution in [0, 0.1) is 0 Å². The largest absolute Gasteiger partial charge is 0.508 e. The van der Waals surface area contributed by atoms with Crippen molar-refractivity contribution in [2.45, 2.75) is 50.0 Å². The second-order valence-electron chi connectivity index (χ2n) is 18.3. The maximum absolute atomic E-state index is 13.6. The van der Waals surface area contributed by atoms with Gasteiger partial charge in [-0.25, -0.2) is 29.5 Å². The molecule has 4 aromatic heterocycles. The van der Waals surface area contributed by atoms with Gasteiger partial charge in [0, 0.05) is 85.4 Å². The number of benzene rings is 4. The molecule has 0 spiro atoms. The SMILES string of the molecule is COC(=O)c1ccc(OC(=O)c2ccc(O)cc2OCC(O)CNC2CCN(c3ncnc4scc(-c5ccccc5)c34)CC2)cc1OCC(O)CNC1CCN(c2ncnc3scc(-c4ccccc4)c23)CC1. The fourth-order valence-electron chi connectivity index (χ4n) is 9.47. The van der Waals surface area contributed by atoms with Gasteiger partial charge < -0.3 is 54.7 Å². The van der Waals surface area contributed by atoms with Crippen molar-refractivity contribution < 1.29 is 43.9 Å². The number of aliphatic hydroxyl groups excluding tert-OH is 2. The summed E-state index contributed by atoms with van der Waals surface area (Å²) >= 11 is 3.23. The van der Waals surface area contributed by atoms with Gasteiger partial charge in [0.15, 0.2) is 0 Å². The minimum atomic E-state index is -0.942. The first-order chi connectivity index (χ1) is 36.2. The van der Waals surface area contributed by atoms with Gasteiger partial charge in [-0.1, -0.05) is 60.7 Å². The van der Waals surface area contributed by atoms with E-state index in [4.69, 9.17) is 28.9 Å². The highest BCUT2D eigenvalue weighted by Gasteiger charge is 2.27.